The van der Waals surface area contributed by atoms with Crippen LogP contribution in [0.25, 0.3) is 5.84 Å². The zero-order valence-electron chi connectivity index (χ0n) is 9.22. The number of hydrogen-bond acceptors (Lipinski definition) is 1. The first-order valence-electron chi connectivity index (χ1n) is 4.77. The fraction of sp³-hybridized carbons (Fsp3) is 0. The Balaban J connectivity index is 0.00000128. The minimum absolute atomic E-state index is 0. The molecule has 0 saturated carbocycles. The van der Waals surface area contributed by atoms with Gasteiger partial charge in [-0.25, -0.2) is 0 Å². The average molecular weight is 196 g/mol. The second-order valence-corrected chi connectivity index (χ2v) is 3.19. The van der Waals surface area contributed by atoms with Crippen molar-refractivity contribution in [2.24, 2.45) is 5.10 Å². The summed E-state index contributed by atoms with van der Waals surface area (Å²) in [6, 6.07) is 19.5. The molecule has 0 amide bonds. The van der Waals surface area contributed by atoms with Crippen molar-refractivity contribution >= 4 is 5.71 Å². The van der Waals surface area contributed by atoms with Crippen LogP contribution in [0.3, 0.4) is 0 Å². The molecule has 2 aromatic rings. The SMILES string of the molecule is [H+].[NH-]N=C(c1ccccc1)c1ccccc1. The van der Waals surface area contributed by atoms with Crippen molar-refractivity contribution in [2.75, 3.05) is 0 Å². The van der Waals surface area contributed by atoms with Crippen LogP contribution < -0.4 is 0 Å². The Bertz CT molecular complexity index is 410. The van der Waals surface area contributed by atoms with Gasteiger partial charge in [-0.05, 0) is 11.1 Å². The van der Waals surface area contributed by atoms with Crippen molar-refractivity contribution in [1.29, 1.82) is 0 Å². The molecule has 0 aliphatic rings. The maximum atomic E-state index is 7.22. The zero-order valence-corrected chi connectivity index (χ0v) is 8.22. The lowest BCUT2D eigenvalue weighted by Gasteiger charge is -2.08. The normalized spacial score (nSPS) is 9.60. The van der Waals surface area contributed by atoms with Gasteiger partial charge in [0.2, 0.25) is 0 Å². The van der Waals surface area contributed by atoms with Crippen LogP contribution in [-0.4, -0.2) is 5.71 Å². The van der Waals surface area contributed by atoms with Crippen LogP contribution in [0, 0.1) is 0 Å². The highest BCUT2D eigenvalue weighted by Gasteiger charge is 2.02. The molecule has 0 saturated heterocycles. The Morgan fingerprint density at radius 3 is 1.53 bits per heavy atom. The summed E-state index contributed by atoms with van der Waals surface area (Å²) in [7, 11) is 0. The minimum Gasteiger partial charge on any atom is -0.616 e. The summed E-state index contributed by atoms with van der Waals surface area (Å²) in [5, 5.41) is 3.60. The zero-order chi connectivity index (χ0) is 10.5. The molecule has 0 atom stereocenters. The molecule has 0 bridgehead atoms. The molecule has 0 fully saturated rings. The molecule has 2 rings (SSSR count). The number of rotatable bonds is 2. The monoisotopic (exact) mass is 196 g/mol. The summed E-state index contributed by atoms with van der Waals surface area (Å²) < 4.78 is 0. The lowest BCUT2D eigenvalue weighted by atomic mass is 10.0. The Morgan fingerprint density at radius 2 is 1.20 bits per heavy atom. The standard InChI is InChI=1S/C13H11N2/c14-15-13(11-7-3-1-4-8-11)12-9-5-2-6-10-12/h1-10,14H/q-1/p+1. The van der Waals surface area contributed by atoms with Gasteiger partial charge >= 0.3 is 1.43 Å². The fourth-order valence-corrected chi connectivity index (χ4v) is 1.49. The molecule has 2 aromatic carbocycles. The van der Waals surface area contributed by atoms with Gasteiger partial charge < -0.3 is 10.9 Å². The quantitative estimate of drug-likeness (QED) is 0.519. The second-order valence-electron chi connectivity index (χ2n) is 3.19. The number of nitrogens with zero attached hydrogens (tertiary/aromatic N) is 1. The Kier molecular flexibility index (Phi) is 2.79. The van der Waals surface area contributed by atoms with E-state index in [-0.39, 0.29) is 1.43 Å². The van der Waals surface area contributed by atoms with E-state index in [0.29, 0.717) is 5.71 Å². The Hall–Kier alpha value is -2.09. The van der Waals surface area contributed by atoms with Gasteiger partial charge in [-0.15, -0.1) is 0 Å². The highest BCUT2D eigenvalue weighted by atomic mass is 15.1. The summed E-state index contributed by atoms with van der Waals surface area (Å²) in [6.45, 7) is 0. The summed E-state index contributed by atoms with van der Waals surface area (Å²) in [5.74, 6) is 7.22. The summed E-state index contributed by atoms with van der Waals surface area (Å²) in [4.78, 5) is 0. The van der Waals surface area contributed by atoms with Gasteiger partial charge in [-0.3, -0.25) is 0 Å². The number of nitrogens with one attached hydrogen (secondary N) is 1. The molecule has 0 heterocycles. The van der Waals surface area contributed by atoms with Crippen molar-refractivity contribution in [3.8, 4) is 0 Å². The molecule has 15 heavy (non-hydrogen) atoms. The van der Waals surface area contributed by atoms with Crippen LogP contribution in [0.15, 0.2) is 65.8 Å². The molecule has 1 N–H and O–H groups in total. The van der Waals surface area contributed by atoms with Gasteiger partial charge in [0.1, 0.15) is 0 Å². The molecule has 0 aliphatic carbocycles. The van der Waals surface area contributed by atoms with Crippen molar-refractivity contribution in [1.82, 2.24) is 0 Å². The lowest BCUT2D eigenvalue weighted by molar-refractivity contribution is 1.51. The molecule has 2 heteroatoms. The van der Waals surface area contributed by atoms with Crippen LogP contribution in [-0.2, 0) is 0 Å². The number of benzene rings is 2. The Labute approximate surface area is 90.5 Å². The van der Waals surface area contributed by atoms with E-state index >= 15 is 0 Å². The van der Waals surface area contributed by atoms with Crippen LogP contribution in [0.5, 0.6) is 0 Å². The van der Waals surface area contributed by atoms with Crippen LogP contribution in [0.2, 0.25) is 0 Å². The predicted octanol–water partition coefficient (Wildman–Crippen LogP) is 3.60. The first kappa shape index (κ1) is 9.46. The fourth-order valence-electron chi connectivity index (χ4n) is 1.49. The highest BCUT2D eigenvalue weighted by Crippen LogP contribution is 2.10. The predicted molar refractivity (Wildman–Crippen MR) is 64.0 cm³/mol. The van der Waals surface area contributed by atoms with Crippen molar-refractivity contribution in [2.45, 2.75) is 0 Å². The third kappa shape index (κ3) is 2.05. The van der Waals surface area contributed by atoms with Gasteiger partial charge in [0, 0.05) is 0 Å². The van der Waals surface area contributed by atoms with Gasteiger partial charge in [-0.2, -0.15) is 0 Å². The van der Waals surface area contributed by atoms with E-state index in [9.17, 15) is 0 Å². The van der Waals surface area contributed by atoms with Crippen LogP contribution in [0.1, 0.15) is 12.6 Å². The number of hydrogen-bond donors (Lipinski definition) is 0. The van der Waals surface area contributed by atoms with Gasteiger partial charge in [0.15, 0.2) is 0 Å². The Morgan fingerprint density at radius 1 is 0.800 bits per heavy atom. The molecule has 0 aliphatic heterocycles. The van der Waals surface area contributed by atoms with Crippen LogP contribution >= 0.6 is 0 Å². The third-order valence-electron chi connectivity index (χ3n) is 2.21. The first-order chi connectivity index (χ1) is 7.42. The van der Waals surface area contributed by atoms with Crippen molar-refractivity contribution in [3.63, 3.8) is 0 Å². The van der Waals surface area contributed by atoms with E-state index in [1.807, 2.05) is 60.7 Å². The average Bonchev–Trinajstić information content (AvgIpc) is 2.33. The summed E-state index contributed by atoms with van der Waals surface area (Å²) in [5.41, 5.74) is 2.65. The summed E-state index contributed by atoms with van der Waals surface area (Å²) >= 11 is 0. The molecule has 0 aromatic heterocycles. The largest absolute Gasteiger partial charge is 1.00 e. The van der Waals surface area contributed by atoms with E-state index in [1.165, 1.54) is 0 Å². The van der Waals surface area contributed by atoms with Crippen molar-refractivity contribution < 1.29 is 1.43 Å². The van der Waals surface area contributed by atoms with Gasteiger partial charge in [0.25, 0.3) is 0 Å². The second kappa shape index (κ2) is 4.42. The molecule has 74 valence electrons. The molecule has 2 nitrogen and oxygen atoms in total. The first-order valence-corrected chi connectivity index (χ1v) is 4.77. The van der Waals surface area contributed by atoms with Gasteiger partial charge in [0.05, 0.1) is 5.71 Å². The van der Waals surface area contributed by atoms with E-state index < -0.39 is 0 Å². The van der Waals surface area contributed by atoms with Crippen LogP contribution in [0.4, 0.5) is 0 Å². The smallest absolute Gasteiger partial charge is 0.616 e. The van der Waals surface area contributed by atoms with Crippen molar-refractivity contribution in [3.05, 3.63) is 77.6 Å². The van der Waals surface area contributed by atoms with E-state index in [0.717, 1.165) is 11.1 Å². The van der Waals surface area contributed by atoms with E-state index in [1.54, 1.807) is 0 Å². The molecule has 0 spiro atoms. The van der Waals surface area contributed by atoms with E-state index in [2.05, 4.69) is 5.10 Å². The molecule has 0 unspecified atom stereocenters. The topological polar surface area (TPSA) is 36.2 Å². The van der Waals surface area contributed by atoms with E-state index in [4.69, 9.17) is 5.84 Å². The maximum absolute atomic E-state index is 7.22. The third-order valence-corrected chi connectivity index (χ3v) is 2.21. The lowest BCUT2D eigenvalue weighted by Crippen LogP contribution is -2.01. The highest BCUT2D eigenvalue weighted by molar-refractivity contribution is 6.12. The molecular weight excluding hydrogens is 184 g/mol. The summed E-state index contributed by atoms with van der Waals surface area (Å²) in [6.07, 6.45) is 0. The minimum atomic E-state index is 0. The van der Waals surface area contributed by atoms with Gasteiger partial charge in [-0.1, -0.05) is 60.7 Å². The maximum Gasteiger partial charge on any atom is 1.00 e. The molecular formula is C13H12N2. The molecule has 0 radical (unpaired) electrons.